The maximum absolute atomic E-state index is 13.0. The topological polar surface area (TPSA) is 78.9 Å². The molecular formula is C75H124O6. The number of carbonyl (C=O) groups is 3. The van der Waals surface area contributed by atoms with Gasteiger partial charge in [0.1, 0.15) is 13.2 Å². The van der Waals surface area contributed by atoms with Crippen LogP contribution < -0.4 is 0 Å². The van der Waals surface area contributed by atoms with Gasteiger partial charge in [0.25, 0.3) is 0 Å². The quantitative estimate of drug-likeness (QED) is 0.0261. The Labute approximate surface area is 500 Å². The standard InChI is InChI=1S/C75H124O6/c1-4-7-10-13-16-19-22-25-28-30-32-34-36-37-39-40-42-44-47-50-53-56-59-62-65-68-74(77)80-71-72(70-79-73(76)67-64-61-58-55-52-49-46-27-24-21-18-15-12-9-6-3)81-75(78)69-66-63-60-57-54-51-48-45-43-41-38-35-33-31-29-26-23-20-17-14-11-8-5-2/h7,9-10,12,16,18-19,21,23,25-28,31-34,37,39,42,44,46,72H,4-6,8,11,13-15,17,20,22,24,29-30,35-36,38,40-41,43,45,47-71H2,1-3H3/b10-7-,12-9-,19-16-,21-18-,26-23-,28-25-,33-31-,34-32-,39-37-,44-42-,46-27-. The van der Waals surface area contributed by atoms with Gasteiger partial charge in [-0.05, 0) is 135 Å². The third kappa shape index (κ3) is 66.2. The molecule has 0 fully saturated rings. The largest absolute Gasteiger partial charge is 0.462 e. The Hall–Kier alpha value is -4.45. The molecule has 0 bridgehead atoms. The average molecular weight is 1120 g/mol. The van der Waals surface area contributed by atoms with Gasteiger partial charge in [0, 0.05) is 19.3 Å². The molecule has 0 aromatic heterocycles. The summed E-state index contributed by atoms with van der Waals surface area (Å²) in [5.74, 6) is -0.922. The highest BCUT2D eigenvalue weighted by Gasteiger charge is 2.19. The average Bonchev–Trinajstić information content (AvgIpc) is 3.47. The van der Waals surface area contributed by atoms with Crippen LogP contribution in [0.3, 0.4) is 0 Å². The van der Waals surface area contributed by atoms with Gasteiger partial charge in [0.05, 0.1) is 0 Å². The van der Waals surface area contributed by atoms with Crippen molar-refractivity contribution < 1.29 is 28.6 Å². The summed E-state index contributed by atoms with van der Waals surface area (Å²) < 4.78 is 16.9. The first-order chi connectivity index (χ1) is 40.0. The zero-order valence-electron chi connectivity index (χ0n) is 52.8. The minimum Gasteiger partial charge on any atom is -0.462 e. The molecule has 0 radical (unpaired) electrons. The molecule has 1 unspecified atom stereocenters. The van der Waals surface area contributed by atoms with Crippen LogP contribution in [0.25, 0.3) is 0 Å². The van der Waals surface area contributed by atoms with Gasteiger partial charge >= 0.3 is 17.9 Å². The lowest BCUT2D eigenvalue weighted by atomic mass is 10.0. The van der Waals surface area contributed by atoms with Crippen LogP contribution in [0.2, 0.25) is 0 Å². The molecule has 0 aliphatic carbocycles. The molecule has 0 amide bonds. The van der Waals surface area contributed by atoms with Gasteiger partial charge in [-0.1, -0.05) is 283 Å². The van der Waals surface area contributed by atoms with Gasteiger partial charge < -0.3 is 14.2 Å². The first-order valence-corrected chi connectivity index (χ1v) is 33.7. The first-order valence-electron chi connectivity index (χ1n) is 33.7. The molecule has 6 heteroatoms. The van der Waals surface area contributed by atoms with Crippen molar-refractivity contribution in [3.05, 3.63) is 134 Å². The van der Waals surface area contributed by atoms with Gasteiger partial charge in [0.15, 0.2) is 6.10 Å². The molecule has 0 aromatic rings. The van der Waals surface area contributed by atoms with Gasteiger partial charge in [-0.2, -0.15) is 0 Å². The van der Waals surface area contributed by atoms with Crippen LogP contribution in [0, 0.1) is 0 Å². The molecule has 0 spiro atoms. The van der Waals surface area contributed by atoms with E-state index in [1.165, 1.54) is 109 Å². The molecule has 0 saturated heterocycles. The summed E-state index contributed by atoms with van der Waals surface area (Å²) in [5, 5.41) is 0. The Morgan fingerprint density at radius 1 is 0.259 bits per heavy atom. The molecule has 460 valence electrons. The van der Waals surface area contributed by atoms with Crippen LogP contribution in [0.5, 0.6) is 0 Å². The lowest BCUT2D eigenvalue weighted by Gasteiger charge is -2.18. The van der Waals surface area contributed by atoms with Crippen LogP contribution in [0.1, 0.15) is 303 Å². The fraction of sp³-hybridized carbons (Fsp3) is 0.667. The number of unbranched alkanes of at least 4 members (excludes halogenated alkanes) is 27. The van der Waals surface area contributed by atoms with E-state index in [1.54, 1.807) is 0 Å². The van der Waals surface area contributed by atoms with Crippen molar-refractivity contribution in [3.63, 3.8) is 0 Å². The van der Waals surface area contributed by atoms with Gasteiger partial charge in [-0.3, -0.25) is 14.4 Å². The van der Waals surface area contributed by atoms with Crippen LogP contribution in [0.15, 0.2) is 134 Å². The van der Waals surface area contributed by atoms with E-state index in [-0.39, 0.29) is 31.1 Å². The van der Waals surface area contributed by atoms with E-state index >= 15 is 0 Å². The normalized spacial score (nSPS) is 13.0. The summed E-state index contributed by atoms with van der Waals surface area (Å²) >= 11 is 0. The van der Waals surface area contributed by atoms with Crippen molar-refractivity contribution in [2.24, 2.45) is 0 Å². The van der Waals surface area contributed by atoms with Crippen LogP contribution in [-0.4, -0.2) is 37.2 Å². The minimum absolute atomic E-state index is 0.0955. The van der Waals surface area contributed by atoms with Gasteiger partial charge in [-0.15, -0.1) is 0 Å². The zero-order valence-corrected chi connectivity index (χ0v) is 52.8. The predicted molar refractivity (Wildman–Crippen MR) is 353 cm³/mol. The Morgan fingerprint density at radius 2 is 0.481 bits per heavy atom. The molecule has 0 N–H and O–H groups in total. The maximum Gasteiger partial charge on any atom is 0.306 e. The molecule has 0 rings (SSSR count). The van der Waals surface area contributed by atoms with E-state index in [0.717, 1.165) is 154 Å². The Morgan fingerprint density at radius 3 is 0.753 bits per heavy atom. The van der Waals surface area contributed by atoms with Crippen molar-refractivity contribution in [3.8, 4) is 0 Å². The predicted octanol–water partition coefficient (Wildman–Crippen LogP) is 23.3. The van der Waals surface area contributed by atoms with E-state index < -0.39 is 6.10 Å². The van der Waals surface area contributed by atoms with Crippen molar-refractivity contribution in [2.75, 3.05) is 13.2 Å². The summed E-state index contributed by atoms with van der Waals surface area (Å²) in [6.07, 6.45) is 96.0. The molecule has 6 nitrogen and oxygen atoms in total. The van der Waals surface area contributed by atoms with Crippen molar-refractivity contribution in [1.29, 1.82) is 0 Å². The van der Waals surface area contributed by atoms with Crippen LogP contribution in [0.4, 0.5) is 0 Å². The fourth-order valence-corrected chi connectivity index (χ4v) is 9.14. The van der Waals surface area contributed by atoms with E-state index in [4.69, 9.17) is 14.2 Å². The second kappa shape index (κ2) is 68.1. The molecule has 1 atom stereocenters. The zero-order chi connectivity index (χ0) is 58.5. The molecule has 0 aliphatic heterocycles. The summed E-state index contributed by atoms with van der Waals surface area (Å²) in [6, 6.07) is 0. The number of hydrogen-bond donors (Lipinski definition) is 0. The molecule has 0 aliphatic rings. The molecule has 0 aromatic carbocycles. The van der Waals surface area contributed by atoms with E-state index in [1.807, 2.05) is 0 Å². The SMILES string of the molecule is CC/C=C\C/C=C\C/C=C\C/C=C\C/C=C\C/C=C\CCCCCCCCC(=O)OCC(COC(=O)CCCCCCC/C=C\C/C=C\C/C=C\CC)OC(=O)CCCCCCCCCCCCC/C=C\C/C=C\CCCCCCC. The van der Waals surface area contributed by atoms with E-state index in [9.17, 15) is 14.4 Å². The smallest absolute Gasteiger partial charge is 0.306 e. The van der Waals surface area contributed by atoms with Crippen LogP contribution >= 0.6 is 0 Å². The lowest BCUT2D eigenvalue weighted by molar-refractivity contribution is -0.167. The number of allylic oxidation sites excluding steroid dienone is 22. The molecule has 0 heterocycles. The van der Waals surface area contributed by atoms with Gasteiger partial charge in [-0.25, -0.2) is 0 Å². The highest BCUT2D eigenvalue weighted by molar-refractivity contribution is 5.71. The first kappa shape index (κ1) is 76.5. The van der Waals surface area contributed by atoms with Crippen molar-refractivity contribution in [1.82, 2.24) is 0 Å². The third-order valence-corrected chi connectivity index (χ3v) is 14.1. The molecular weight excluding hydrogens is 997 g/mol. The number of esters is 3. The van der Waals surface area contributed by atoms with Crippen LogP contribution in [-0.2, 0) is 28.6 Å². The monoisotopic (exact) mass is 1120 g/mol. The molecule has 0 saturated carbocycles. The minimum atomic E-state index is -0.800. The lowest BCUT2D eigenvalue weighted by Crippen LogP contribution is -2.30. The Kier molecular flexibility index (Phi) is 64.3. The van der Waals surface area contributed by atoms with Gasteiger partial charge in [0.2, 0.25) is 0 Å². The second-order valence-corrected chi connectivity index (χ2v) is 22.0. The number of carbonyl (C=O) groups excluding carboxylic acids is 3. The second-order valence-electron chi connectivity index (χ2n) is 22.0. The maximum atomic E-state index is 13.0. The van der Waals surface area contributed by atoms with E-state index in [0.29, 0.717) is 19.3 Å². The number of hydrogen-bond acceptors (Lipinski definition) is 6. The third-order valence-electron chi connectivity index (χ3n) is 14.1. The van der Waals surface area contributed by atoms with E-state index in [2.05, 4.69) is 154 Å². The highest BCUT2D eigenvalue weighted by Crippen LogP contribution is 2.16. The Bertz CT molecular complexity index is 1720. The Balaban J connectivity index is 4.41. The number of rotatable bonds is 60. The summed E-state index contributed by atoms with van der Waals surface area (Å²) in [4.78, 5) is 38.4. The fourth-order valence-electron chi connectivity index (χ4n) is 9.14. The van der Waals surface area contributed by atoms with Crippen molar-refractivity contribution in [2.45, 2.75) is 309 Å². The van der Waals surface area contributed by atoms with Crippen molar-refractivity contribution >= 4 is 17.9 Å². The summed E-state index contributed by atoms with van der Waals surface area (Å²) in [5.41, 5.74) is 0. The highest BCUT2D eigenvalue weighted by atomic mass is 16.6. The number of ether oxygens (including phenoxy) is 3. The summed E-state index contributed by atoms with van der Waals surface area (Å²) in [6.45, 7) is 6.39. The molecule has 81 heavy (non-hydrogen) atoms. The summed E-state index contributed by atoms with van der Waals surface area (Å²) in [7, 11) is 0.